The summed E-state index contributed by atoms with van der Waals surface area (Å²) in [6, 6.07) is 16.0. The van der Waals surface area contributed by atoms with Crippen LogP contribution in [0.3, 0.4) is 0 Å². The first-order valence-electron chi connectivity index (χ1n) is 9.55. The second-order valence-corrected chi connectivity index (χ2v) is 7.75. The highest BCUT2D eigenvalue weighted by Gasteiger charge is 2.34. The Morgan fingerprint density at radius 3 is 2.59 bits per heavy atom. The van der Waals surface area contributed by atoms with Crippen molar-refractivity contribution in [2.45, 2.75) is 44.9 Å². The van der Waals surface area contributed by atoms with Gasteiger partial charge in [-0.2, -0.15) is 0 Å². The number of amides is 2. The van der Waals surface area contributed by atoms with Gasteiger partial charge in [0.2, 0.25) is 11.8 Å². The van der Waals surface area contributed by atoms with E-state index in [-0.39, 0.29) is 17.2 Å². The Morgan fingerprint density at radius 2 is 1.89 bits per heavy atom. The van der Waals surface area contributed by atoms with Gasteiger partial charge in [-0.15, -0.1) is 11.8 Å². The van der Waals surface area contributed by atoms with Gasteiger partial charge in [-0.25, -0.2) is 0 Å². The molecule has 0 saturated carbocycles. The van der Waals surface area contributed by atoms with Crippen LogP contribution in [-0.2, 0) is 16.0 Å². The number of hydrogen-bond donors (Lipinski definition) is 1. The molecule has 2 aromatic rings. The number of nitrogens with one attached hydrogen (secondary N) is 1. The molecule has 4 nitrogen and oxygen atoms in total. The lowest BCUT2D eigenvalue weighted by atomic mass is 10.1. The lowest BCUT2D eigenvalue weighted by Crippen LogP contribution is -2.28. The standard InChI is InChI=1S/C22H26N2O2S/c1-3-5-10-20(25)23-18-13-11-17(12-14-18)22-24(21(26)15-27-22)19-9-7-6-8-16(19)4-2/h6-9,11-14,22H,3-5,10,15H2,1-2H3,(H,23,25). The Labute approximate surface area is 165 Å². The number of para-hydroxylation sites is 1. The van der Waals surface area contributed by atoms with E-state index >= 15 is 0 Å². The number of unbranched alkanes of at least 4 members (excludes halogenated alkanes) is 1. The number of anilines is 2. The van der Waals surface area contributed by atoms with Crippen molar-refractivity contribution in [3.63, 3.8) is 0 Å². The van der Waals surface area contributed by atoms with Crippen LogP contribution >= 0.6 is 11.8 Å². The molecule has 1 aliphatic heterocycles. The summed E-state index contributed by atoms with van der Waals surface area (Å²) in [5.41, 5.74) is 4.05. The van der Waals surface area contributed by atoms with Crippen LogP contribution in [0.5, 0.6) is 0 Å². The summed E-state index contributed by atoms with van der Waals surface area (Å²) in [6.45, 7) is 4.18. The van der Waals surface area contributed by atoms with Gasteiger partial charge in [0.15, 0.2) is 0 Å². The molecule has 1 saturated heterocycles. The first kappa shape index (κ1) is 19.5. The van der Waals surface area contributed by atoms with Gasteiger partial charge in [0.1, 0.15) is 5.37 Å². The minimum absolute atomic E-state index is 0.0324. The molecule has 1 heterocycles. The van der Waals surface area contributed by atoms with Gasteiger partial charge in [-0.05, 0) is 42.2 Å². The monoisotopic (exact) mass is 382 g/mol. The Kier molecular flexibility index (Phi) is 6.56. The summed E-state index contributed by atoms with van der Waals surface area (Å²) < 4.78 is 0. The van der Waals surface area contributed by atoms with E-state index in [1.165, 1.54) is 5.56 Å². The van der Waals surface area contributed by atoms with Crippen molar-refractivity contribution in [3.05, 3.63) is 59.7 Å². The molecule has 1 aliphatic rings. The Morgan fingerprint density at radius 1 is 1.15 bits per heavy atom. The highest BCUT2D eigenvalue weighted by molar-refractivity contribution is 8.00. The first-order chi connectivity index (χ1) is 13.1. The van der Waals surface area contributed by atoms with E-state index in [1.807, 2.05) is 47.4 Å². The van der Waals surface area contributed by atoms with Gasteiger partial charge in [0, 0.05) is 17.8 Å². The molecule has 27 heavy (non-hydrogen) atoms. The highest BCUT2D eigenvalue weighted by atomic mass is 32.2. The summed E-state index contributed by atoms with van der Waals surface area (Å²) in [4.78, 5) is 26.4. The van der Waals surface area contributed by atoms with Crippen LogP contribution in [0, 0.1) is 0 Å². The van der Waals surface area contributed by atoms with Crippen molar-refractivity contribution in [2.75, 3.05) is 16.0 Å². The molecule has 1 N–H and O–H groups in total. The van der Waals surface area contributed by atoms with Crippen molar-refractivity contribution in [3.8, 4) is 0 Å². The largest absolute Gasteiger partial charge is 0.326 e. The number of hydrogen-bond acceptors (Lipinski definition) is 3. The van der Waals surface area contributed by atoms with E-state index in [9.17, 15) is 9.59 Å². The third kappa shape index (κ3) is 4.53. The van der Waals surface area contributed by atoms with Gasteiger partial charge >= 0.3 is 0 Å². The topological polar surface area (TPSA) is 49.4 Å². The molecule has 0 bridgehead atoms. The molecule has 5 heteroatoms. The van der Waals surface area contributed by atoms with Crippen molar-refractivity contribution in [2.24, 2.45) is 0 Å². The van der Waals surface area contributed by atoms with Gasteiger partial charge in [-0.3, -0.25) is 14.5 Å². The smallest absolute Gasteiger partial charge is 0.238 e. The molecule has 142 valence electrons. The number of nitrogens with zero attached hydrogens (tertiary/aromatic N) is 1. The number of benzene rings is 2. The molecule has 1 unspecified atom stereocenters. The maximum absolute atomic E-state index is 12.6. The Bertz CT molecular complexity index is 804. The first-order valence-corrected chi connectivity index (χ1v) is 10.6. The lowest BCUT2D eigenvalue weighted by Gasteiger charge is -2.26. The second-order valence-electron chi connectivity index (χ2n) is 6.68. The fourth-order valence-corrected chi connectivity index (χ4v) is 4.44. The number of carbonyl (C=O) groups excluding carboxylic acids is 2. The number of carbonyl (C=O) groups is 2. The molecule has 0 radical (unpaired) electrons. The minimum Gasteiger partial charge on any atom is -0.326 e. The molecule has 0 aliphatic carbocycles. The van der Waals surface area contributed by atoms with Crippen molar-refractivity contribution in [1.29, 1.82) is 0 Å². The summed E-state index contributed by atoms with van der Waals surface area (Å²) in [7, 11) is 0. The zero-order valence-corrected chi connectivity index (χ0v) is 16.7. The van der Waals surface area contributed by atoms with Crippen LogP contribution in [0.1, 0.15) is 49.6 Å². The van der Waals surface area contributed by atoms with E-state index in [2.05, 4.69) is 25.2 Å². The zero-order valence-electron chi connectivity index (χ0n) is 15.9. The predicted molar refractivity (Wildman–Crippen MR) is 113 cm³/mol. The number of aryl methyl sites for hydroxylation is 1. The maximum Gasteiger partial charge on any atom is 0.238 e. The summed E-state index contributed by atoms with van der Waals surface area (Å²) in [5, 5.41) is 2.91. The molecular weight excluding hydrogens is 356 g/mol. The Balaban J connectivity index is 1.78. The van der Waals surface area contributed by atoms with Crippen LogP contribution in [0.15, 0.2) is 48.5 Å². The van der Waals surface area contributed by atoms with Gasteiger partial charge in [0.05, 0.1) is 5.75 Å². The Hall–Kier alpha value is -2.27. The van der Waals surface area contributed by atoms with Gasteiger partial charge in [0.25, 0.3) is 0 Å². The molecule has 0 spiro atoms. The SMILES string of the molecule is CCCCC(=O)Nc1ccc(C2SCC(=O)N2c2ccccc2CC)cc1. The van der Waals surface area contributed by atoms with E-state index in [0.717, 1.165) is 36.2 Å². The second kappa shape index (κ2) is 9.09. The van der Waals surface area contributed by atoms with Gasteiger partial charge < -0.3 is 5.32 Å². The minimum atomic E-state index is -0.0324. The molecule has 2 aromatic carbocycles. The molecular formula is C22H26N2O2S. The van der Waals surface area contributed by atoms with E-state index in [4.69, 9.17) is 0 Å². The summed E-state index contributed by atoms with van der Waals surface area (Å²) in [6.07, 6.45) is 3.35. The lowest BCUT2D eigenvalue weighted by molar-refractivity contribution is -0.116. The van der Waals surface area contributed by atoms with Crippen LogP contribution in [0.25, 0.3) is 0 Å². The van der Waals surface area contributed by atoms with E-state index in [1.54, 1.807) is 11.8 Å². The fourth-order valence-electron chi connectivity index (χ4n) is 3.27. The average Bonchev–Trinajstić information content (AvgIpc) is 3.08. The van der Waals surface area contributed by atoms with Gasteiger partial charge in [-0.1, -0.05) is 50.6 Å². The third-order valence-electron chi connectivity index (χ3n) is 4.74. The number of rotatable bonds is 7. The fraction of sp³-hybridized carbons (Fsp3) is 0.364. The third-order valence-corrected chi connectivity index (χ3v) is 5.95. The van der Waals surface area contributed by atoms with Crippen LogP contribution in [0.2, 0.25) is 0 Å². The maximum atomic E-state index is 12.6. The summed E-state index contributed by atoms with van der Waals surface area (Å²) >= 11 is 1.65. The molecule has 1 fully saturated rings. The normalized spacial score (nSPS) is 16.6. The highest BCUT2D eigenvalue weighted by Crippen LogP contribution is 2.43. The quantitative estimate of drug-likeness (QED) is 0.720. The van der Waals surface area contributed by atoms with Crippen molar-refractivity contribution >= 4 is 35.0 Å². The zero-order chi connectivity index (χ0) is 19.2. The van der Waals surface area contributed by atoms with Crippen LogP contribution in [-0.4, -0.2) is 17.6 Å². The molecule has 1 atom stereocenters. The van der Waals surface area contributed by atoms with Crippen LogP contribution in [0.4, 0.5) is 11.4 Å². The van der Waals surface area contributed by atoms with E-state index < -0.39 is 0 Å². The van der Waals surface area contributed by atoms with Crippen molar-refractivity contribution in [1.82, 2.24) is 0 Å². The van der Waals surface area contributed by atoms with Crippen LogP contribution < -0.4 is 10.2 Å². The summed E-state index contributed by atoms with van der Waals surface area (Å²) in [5.74, 6) is 0.675. The molecule has 2 amide bonds. The van der Waals surface area contributed by atoms with Crippen molar-refractivity contribution < 1.29 is 9.59 Å². The number of thioether (sulfide) groups is 1. The molecule has 3 rings (SSSR count). The molecule has 0 aromatic heterocycles. The predicted octanol–water partition coefficient (Wildman–Crippen LogP) is 5.16. The van der Waals surface area contributed by atoms with E-state index in [0.29, 0.717) is 12.2 Å². The average molecular weight is 383 g/mol.